The first-order chi connectivity index (χ1) is 8.81. The van der Waals surface area contributed by atoms with E-state index in [1.54, 1.807) is 11.3 Å². The van der Waals surface area contributed by atoms with Crippen molar-refractivity contribution >= 4 is 11.3 Å². The molecule has 1 aromatic rings. The summed E-state index contributed by atoms with van der Waals surface area (Å²) in [5.74, 6) is 0.640. The van der Waals surface area contributed by atoms with E-state index in [1.807, 2.05) is 6.20 Å². The van der Waals surface area contributed by atoms with Crippen molar-refractivity contribution in [2.45, 2.75) is 57.5 Å². The predicted molar refractivity (Wildman–Crippen MR) is 77.7 cm³/mol. The lowest BCUT2D eigenvalue weighted by Crippen LogP contribution is -2.37. The molecule has 1 aliphatic carbocycles. The standard InChI is InChI=1S/C14H25N3S/c1-2-13(14-16-8-9-18-14)17-10-11-6-4-3-5-7-12(11)15/h8-9,11-13,17H,2-7,10,15H2,1H3. The molecule has 102 valence electrons. The molecule has 3 atom stereocenters. The maximum Gasteiger partial charge on any atom is 0.109 e. The molecular formula is C14H25N3S. The van der Waals surface area contributed by atoms with Crippen molar-refractivity contribution in [1.82, 2.24) is 10.3 Å². The second-order valence-corrected chi connectivity index (χ2v) is 6.23. The minimum atomic E-state index is 0.383. The van der Waals surface area contributed by atoms with Crippen molar-refractivity contribution < 1.29 is 0 Å². The highest BCUT2D eigenvalue weighted by molar-refractivity contribution is 7.09. The van der Waals surface area contributed by atoms with Gasteiger partial charge in [0.05, 0.1) is 6.04 Å². The van der Waals surface area contributed by atoms with Crippen molar-refractivity contribution in [1.29, 1.82) is 0 Å². The van der Waals surface area contributed by atoms with Gasteiger partial charge in [-0.05, 0) is 25.2 Å². The smallest absolute Gasteiger partial charge is 0.109 e. The highest BCUT2D eigenvalue weighted by Crippen LogP contribution is 2.24. The Morgan fingerprint density at radius 2 is 2.28 bits per heavy atom. The van der Waals surface area contributed by atoms with E-state index >= 15 is 0 Å². The van der Waals surface area contributed by atoms with E-state index < -0.39 is 0 Å². The molecular weight excluding hydrogens is 242 g/mol. The Morgan fingerprint density at radius 3 is 3.00 bits per heavy atom. The lowest BCUT2D eigenvalue weighted by atomic mass is 9.95. The van der Waals surface area contributed by atoms with Gasteiger partial charge in [-0.3, -0.25) is 0 Å². The number of rotatable bonds is 5. The van der Waals surface area contributed by atoms with Gasteiger partial charge in [0.15, 0.2) is 0 Å². The van der Waals surface area contributed by atoms with Crippen molar-refractivity contribution in [3.63, 3.8) is 0 Å². The van der Waals surface area contributed by atoms with Crippen LogP contribution < -0.4 is 11.1 Å². The third-order valence-electron chi connectivity index (χ3n) is 4.00. The van der Waals surface area contributed by atoms with Crippen LogP contribution in [0.1, 0.15) is 56.5 Å². The van der Waals surface area contributed by atoms with Crippen molar-refractivity contribution in [3.05, 3.63) is 16.6 Å². The summed E-state index contributed by atoms with van der Waals surface area (Å²) in [7, 11) is 0. The first-order valence-electron chi connectivity index (χ1n) is 7.19. The first-order valence-corrected chi connectivity index (χ1v) is 8.07. The van der Waals surface area contributed by atoms with Crippen LogP contribution in [0.25, 0.3) is 0 Å². The molecule has 1 saturated carbocycles. The van der Waals surface area contributed by atoms with Crippen LogP contribution in [0.5, 0.6) is 0 Å². The fraction of sp³-hybridized carbons (Fsp3) is 0.786. The fourth-order valence-electron chi connectivity index (χ4n) is 2.77. The Kier molecular flexibility index (Phi) is 5.60. The first kappa shape index (κ1) is 14.0. The van der Waals surface area contributed by atoms with Crippen LogP contribution in [0.3, 0.4) is 0 Å². The normalized spacial score (nSPS) is 26.8. The SMILES string of the molecule is CCC(NCC1CCCCCC1N)c1nccs1. The zero-order valence-corrected chi connectivity index (χ0v) is 12.1. The van der Waals surface area contributed by atoms with Gasteiger partial charge in [-0.2, -0.15) is 0 Å². The van der Waals surface area contributed by atoms with Crippen LogP contribution in [0.2, 0.25) is 0 Å². The molecule has 18 heavy (non-hydrogen) atoms. The molecule has 1 fully saturated rings. The molecule has 0 radical (unpaired) electrons. The van der Waals surface area contributed by atoms with E-state index in [0.29, 0.717) is 18.0 Å². The number of nitrogens with zero attached hydrogens (tertiary/aromatic N) is 1. The Hall–Kier alpha value is -0.450. The van der Waals surface area contributed by atoms with Crippen LogP contribution in [0.15, 0.2) is 11.6 Å². The highest BCUT2D eigenvalue weighted by Gasteiger charge is 2.21. The zero-order chi connectivity index (χ0) is 12.8. The summed E-state index contributed by atoms with van der Waals surface area (Å²) in [4.78, 5) is 4.41. The maximum atomic E-state index is 6.27. The second kappa shape index (κ2) is 7.22. The topological polar surface area (TPSA) is 50.9 Å². The van der Waals surface area contributed by atoms with E-state index in [4.69, 9.17) is 5.73 Å². The molecule has 0 aliphatic heterocycles. The Labute approximate surface area is 114 Å². The summed E-state index contributed by atoms with van der Waals surface area (Å²) in [6.07, 6.45) is 9.46. The molecule has 2 rings (SSSR count). The van der Waals surface area contributed by atoms with Gasteiger partial charge in [0.2, 0.25) is 0 Å². The van der Waals surface area contributed by atoms with Gasteiger partial charge in [-0.1, -0.05) is 26.2 Å². The van der Waals surface area contributed by atoms with Gasteiger partial charge < -0.3 is 11.1 Å². The Morgan fingerprint density at radius 1 is 1.44 bits per heavy atom. The highest BCUT2D eigenvalue weighted by atomic mass is 32.1. The molecule has 0 spiro atoms. The number of thiazole rings is 1. The van der Waals surface area contributed by atoms with Crippen LogP contribution >= 0.6 is 11.3 Å². The van der Waals surface area contributed by atoms with Gasteiger partial charge in [-0.25, -0.2) is 4.98 Å². The minimum Gasteiger partial charge on any atom is -0.327 e. The molecule has 1 heterocycles. The van der Waals surface area contributed by atoms with Gasteiger partial charge in [0.25, 0.3) is 0 Å². The molecule has 4 heteroatoms. The predicted octanol–water partition coefficient (Wildman–Crippen LogP) is 3.09. The van der Waals surface area contributed by atoms with Crippen LogP contribution in [-0.2, 0) is 0 Å². The quantitative estimate of drug-likeness (QED) is 0.806. The van der Waals surface area contributed by atoms with Gasteiger partial charge in [0.1, 0.15) is 5.01 Å². The lowest BCUT2D eigenvalue weighted by Gasteiger charge is -2.24. The summed E-state index contributed by atoms with van der Waals surface area (Å²) in [5, 5.41) is 6.93. The molecule has 3 nitrogen and oxygen atoms in total. The van der Waals surface area contributed by atoms with Crippen LogP contribution in [0, 0.1) is 5.92 Å². The minimum absolute atomic E-state index is 0.383. The molecule has 1 aliphatic rings. The molecule has 0 bridgehead atoms. The lowest BCUT2D eigenvalue weighted by molar-refractivity contribution is 0.351. The molecule has 1 aromatic heterocycles. The van der Waals surface area contributed by atoms with Crippen LogP contribution in [0.4, 0.5) is 0 Å². The summed E-state index contributed by atoms with van der Waals surface area (Å²) in [6.45, 7) is 3.26. The maximum absolute atomic E-state index is 6.27. The summed E-state index contributed by atoms with van der Waals surface area (Å²) in [6, 6.07) is 0.786. The average molecular weight is 267 g/mol. The van der Waals surface area contributed by atoms with E-state index in [2.05, 4.69) is 22.6 Å². The van der Waals surface area contributed by atoms with E-state index in [9.17, 15) is 0 Å². The van der Waals surface area contributed by atoms with Gasteiger partial charge in [0, 0.05) is 24.2 Å². The summed E-state index contributed by atoms with van der Waals surface area (Å²) in [5.41, 5.74) is 6.27. The fourth-order valence-corrected chi connectivity index (χ4v) is 3.57. The molecule has 0 aromatic carbocycles. The second-order valence-electron chi connectivity index (χ2n) is 5.30. The van der Waals surface area contributed by atoms with Gasteiger partial charge >= 0.3 is 0 Å². The Bertz CT molecular complexity index is 326. The molecule has 3 unspecified atom stereocenters. The third-order valence-corrected chi connectivity index (χ3v) is 4.89. The van der Waals surface area contributed by atoms with E-state index in [-0.39, 0.29) is 0 Å². The number of nitrogens with two attached hydrogens (primary N) is 1. The van der Waals surface area contributed by atoms with E-state index in [0.717, 1.165) is 13.0 Å². The van der Waals surface area contributed by atoms with Crippen LogP contribution in [-0.4, -0.2) is 17.6 Å². The zero-order valence-electron chi connectivity index (χ0n) is 11.3. The monoisotopic (exact) mass is 267 g/mol. The summed E-state index contributed by atoms with van der Waals surface area (Å²) < 4.78 is 0. The van der Waals surface area contributed by atoms with Gasteiger partial charge in [-0.15, -0.1) is 11.3 Å². The number of nitrogens with one attached hydrogen (secondary N) is 1. The third kappa shape index (κ3) is 3.77. The molecule has 0 saturated heterocycles. The van der Waals surface area contributed by atoms with E-state index in [1.165, 1.54) is 37.1 Å². The average Bonchev–Trinajstić information content (AvgIpc) is 2.82. The number of hydrogen-bond acceptors (Lipinski definition) is 4. The molecule has 0 amide bonds. The summed E-state index contributed by atoms with van der Waals surface area (Å²) >= 11 is 1.74. The van der Waals surface area contributed by atoms with Crippen molar-refractivity contribution in [2.75, 3.05) is 6.54 Å². The molecule has 3 N–H and O–H groups in total. The van der Waals surface area contributed by atoms with Crippen molar-refractivity contribution in [2.24, 2.45) is 11.7 Å². The Balaban J connectivity index is 1.85. The van der Waals surface area contributed by atoms with Crippen molar-refractivity contribution in [3.8, 4) is 0 Å². The largest absolute Gasteiger partial charge is 0.327 e. The number of hydrogen-bond donors (Lipinski definition) is 2. The number of aromatic nitrogens is 1.